The Morgan fingerprint density at radius 3 is 2.52 bits per heavy atom. The Balaban J connectivity index is 1.54. The molecule has 13 heteroatoms. The smallest absolute Gasteiger partial charge is 0.338 e. The molecule has 0 fully saturated rings. The highest BCUT2D eigenvalue weighted by atomic mass is 32.2. The highest BCUT2D eigenvalue weighted by molar-refractivity contribution is 7.98. The Morgan fingerprint density at radius 2 is 1.86 bits per heavy atom. The fourth-order valence-corrected chi connectivity index (χ4v) is 7.11. The van der Waals surface area contributed by atoms with Crippen molar-refractivity contribution in [3.8, 4) is 22.7 Å². The van der Waals surface area contributed by atoms with E-state index in [4.69, 9.17) is 19.6 Å². The first-order valence-corrected chi connectivity index (χ1v) is 18.0. The number of hydrogen-bond acceptors (Lipinski definition) is 10. The fourth-order valence-electron chi connectivity index (χ4n) is 5.66. The van der Waals surface area contributed by atoms with Crippen molar-refractivity contribution in [1.82, 2.24) is 14.3 Å². The van der Waals surface area contributed by atoms with Gasteiger partial charge in [0.2, 0.25) is 0 Å². The molecule has 2 aromatic heterocycles. The number of benzene rings is 3. The number of thiazole rings is 1. The Labute approximate surface area is 296 Å². The zero-order valence-corrected chi connectivity index (χ0v) is 29.8. The number of rotatable bonds is 11. The summed E-state index contributed by atoms with van der Waals surface area (Å²) < 4.78 is 14.8. The van der Waals surface area contributed by atoms with E-state index in [1.54, 1.807) is 59.3 Å². The molecule has 1 atom stereocenters. The largest absolute Gasteiger partial charge is 0.487 e. The van der Waals surface area contributed by atoms with Crippen LogP contribution in [0.5, 0.6) is 5.75 Å². The Kier molecular flexibility index (Phi) is 10.2. The van der Waals surface area contributed by atoms with Crippen LogP contribution in [0.2, 0.25) is 0 Å². The van der Waals surface area contributed by atoms with E-state index in [9.17, 15) is 19.7 Å². The van der Waals surface area contributed by atoms with Gasteiger partial charge < -0.3 is 9.47 Å². The van der Waals surface area contributed by atoms with Crippen molar-refractivity contribution in [2.75, 3.05) is 19.5 Å². The third-order valence-electron chi connectivity index (χ3n) is 8.00. The lowest BCUT2D eigenvalue weighted by Crippen LogP contribution is -2.40. The normalized spacial score (nSPS) is 14.4. The third kappa shape index (κ3) is 6.92. The van der Waals surface area contributed by atoms with Gasteiger partial charge in [-0.1, -0.05) is 55.5 Å². The molecule has 0 saturated heterocycles. The number of thioether (sulfide) groups is 1. The van der Waals surface area contributed by atoms with Crippen molar-refractivity contribution in [1.29, 1.82) is 0 Å². The monoisotopic (exact) mass is 709 g/mol. The van der Waals surface area contributed by atoms with Crippen LogP contribution in [0, 0.1) is 16.0 Å². The molecule has 3 heterocycles. The van der Waals surface area contributed by atoms with E-state index < -0.39 is 16.9 Å². The first-order chi connectivity index (χ1) is 24.1. The van der Waals surface area contributed by atoms with E-state index >= 15 is 0 Å². The van der Waals surface area contributed by atoms with E-state index in [0.29, 0.717) is 37.4 Å². The summed E-state index contributed by atoms with van der Waals surface area (Å²) >= 11 is 2.79. The summed E-state index contributed by atoms with van der Waals surface area (Å²) in [5.41, 5.74) is 3.24. The summed E-state index contributed by atoms with van der Waals surface area (Å²) in [5, 5.41) is 16.8. The van der Waals surface area contributed by atoms with Gasteiger partial charge in [-0.05, 0) is 74.1 Å². The van der Waals surface area contributed by atoms with Crippen LogP contribution < -0.4 is 19.6 Å². The van der Waals surface area contributed by atoms with Crippen molar-refractivity contribution in [2.45, 2.75) is 38.6 Å². The molecule has 6 rings (SSSR count). The van der Waals surface area contributed by atoms with Gasteiger partial charge in [-0.15, -0.1) is 11.8 Å². The van der Waals surface area contributed by atoms with Gasteiger partial charge in [0.15, 0.2) is 10.6 Å². The summed E-state index contributed by atoms with van der Waals surface area (Å²) in [5.74, 6) is -0.234. The van der Waals surface area contributed by atoms with Gasteiger partial charge in [0.1, 0.15) is 5.69 Å². The molecule has 50 heavy (non-hydrogen) atoms. The second-order valence-corrected chi connectivity index (χ2v) is 13.8. The summed E-state index contributed by atoms with van der Waals surface area (Å²) in [4.78, 5) is 45.7. The molecule has 0 amide bonds. The van der Waals surface area contributed by atoms with Crippen LogP contribution in [0.3, 0.4) is 0 Å². The SMILES string of the molecule is CCOc1ccc(-c2nn(-c3ccccc3)cc2C=c2sc3n(c2=O)C(c2ccc(SC)cc2)C(C(=O)OCC(C)C)=C(C)N=3)cc1[N+](=O)[O-]. The summed E-state index contributed by atoms with van der Waals surface area (Å²) in [7, 11) is 0. The zero-order valence-electron chi connectivity index (χ0n) is 28.2. The standard InChI is InChI=1S/C37H35N5O6S2/c1-6-47-30-17-14-25(18-29(30)42(45)46)33-26(20-40(39-33)27-10-8-7-9-11-27)19-31-35(43)41-34(24-12-15-28(49-5)16-13-24)32(23(4)38-37(41)50-31)36(44)48-21-22(2)3/h7-20,22,34H,6,21H2,1-5H3. The number of nitro groups is 1. The minimum absolute atomic E-state index is 0.128. The minimum Gasteiger partial charge on any atom is -0.487 e. The number of nitro benzene ring substituents is 1. The maximum absolute atomic E-state index is 14.4. The van der Waals surface area contributed by atoms with Gasteiger partial charge in [0.25, 0.3) is 5.56 Å². The molecule has 0 saturated carbocycles. The quantitative estimate of drug-likeness (QED) is 0.0675. The molecule has 0 aliphatic carbocycles. The van der Waals surface area contributed by atoms with Gasteiger partial charge in [0, 0.05) is 28.3 Å². The van der Waals surface area contributed by atoms with Crippen LogP contribution in [0.4, 0.5) is 5.69 Å². The molecule has 1 aliphatic heterocycles. The second kappa shape index (κ2) is 14.7. The summed E-state index contributed by atoms with van der Waals surface area (Å²) in [6.45, 7) is 7.94. The van der Waals surface area contributed by atoms with E-state index in [2.05, 4.69) is 0 Å². The van der Waals surface area contributed by atoms with Crippen molar-refractivity contribution < 1.29 is 19.2 Å². The number of aromatic nitrogens is 3. The van der Waals surface area contributed by atoms with Crippen LogP contribution in [0.15, 0.2) is 105 Å². The predicted molar refractivity (Wildman–Crippen MR) is 195 cm³/mol. The van der Waals surface area contributed by atoms with E-state index in [-0.39, 0.29) is 36.1 Å². The predicted octanol–water partition coefficient (Wildman–Crippen LogP) is 6.32. The third-order valence-corrected chi connectivity index (χ3v) is 9.73. The number of hydrogen-bond donors (Lipinski definition) is 0. The van der Waals surface area contributed by atoms with Crippen LogP contribution in [-0.2, 0) is 9.53 Å². The van der Waals surface area contributed by atoms with E-state index in [1.807, 2.05) is 74.7 Å². The Hall–Kier alpha value is -5.27. The number of ether oxygens (including phenoxy) is 2. The molecule has 1 aliphatic rings. The number of para-hydroxylation sites is 1. The highest BCUT2D eigenvalue weighted by Crippen LogP contribution is 2.35. The number of nitrogens with zero attached hydrogens (tertiary/aromatic N) is 5. The van der Waals surface area contributed by atoms with Gasteiger partial charge in [-0.3, -0.25) is 19.5 Å². The van der Waals surface area contributed by atoms with E-state index in [1.165, 1.54) is 17.4 Å². The summed E-state index contributed by atoms with van der Waals surface area (Å²) in [6.07, 6.45) is 5.48. The average molecular weight is 710 g/mol. The molecule has 0 N–H and O–H groups in total. The maximum Gasteiger partial charge on any atom is 0.338 e. The average Bonchev–Trinajstić information content (AvgIpc) is 3.67. The molecule has 256 valence electrons. The van der Waals surface area contributed by atoms with Crippen LogP contribution in [-0.4, -0.2) is 44.7 Å². The Bertz CT molecular complexity index is 2290. The number of fused-ring (bicyclic) bond motifs is 1. The molecule has 3 aromatic carbocycles. The summed E-state index contributed by atoms with van der Waals surface area (Å²) in [6, 6.07) is 21.1. The molecular weight excluding hydrogens is 675 g/mol. The first-order valence-electron chi connectivity index (χ1n) is 16.0. The van der Waals surface area contributed by atoms with Crippen LogP contribution in [0.25, 0.3) is 23.0 Å². The Morgan fingerprint density at radius 1 is 1.12 bits per heavy atom. The van der Waals surface area contributed by atoms with Crippen molar-refractivity contribution >= 4 is 40.8 Å². The van der Waals surface area contributed by atoms with E-state index in [0.717, 1.165) is 16.1 Å². The van der Waals surface area contributed by atoms with Gasteiger partial charge in [-0.25, -0.2) is 14.5 Å². The number of carbonyl (C=O) groups excluding carboxylic acids is 1. The lowest BCUT2D eigenvalue weighted by molar-refractivity contribution is -0.385. The number of esters is 1. The van der Waals surface area contributed by atoms with Crippen molar-refractivity contribution in [3.63, 3.8) is 0 Å². The van der Waals surface area contributed by atoms with Crippen LogP contribution >= 0.6 is 23.1 Å². The fraction of sp³-hybridized carbons (Fsp3) is 0.243. The molecule has 0 radical (unpaired) electrons. The lowest BCUT2D eigenvalue weighted by Gasteiger charge is -2.25. The highest BCUT2D eigenvalue weighted by Gasteiger charge is 2.33. The van der Waals surface area contributed by atoms with Crippen LogP contribution in [0.1, 0.15) is 44.9 Å². The van der Waals surface area contributed by atoms with Crippen molar-refractivity contribution in [2.24, 2.45) is 10.9 Å². The van der Waals surface area contributed by atoms with Gasteiger partial charge in [-0.2, -0.15) is 5.10 Å². The number of allylic oxidation sites excluding steroid dienone is 1. The maximum atomic E-state index is 14.4. The van der Waals surface area contributed by atoms with Gasteiger partial charge in [0.05, 0.1) is 45.7 Å². The van der Waals surface area contributed by atoms with Gasteiger partial charge >= 0.3 is 11.7 Å². The molecule has 5 aromatic rings. The lowest BCUT2D eigenvalue weighted by atomic mass is 9.96. The zero-order chi connectivity index (χ0) is 35.5. The topological polar surface area (TPSA) is 131 Å². The second-order valence-electron chi connectivity index (χ2n) is 11.9. The molecule has 0 bridgehead atoms. The molecular formula is C37H35N5O6S2. The molecule has 11 nitrogen and oxygen atoms in total. The first kappa shape index (κ1) is 34.6. The minimum atomic E-state index is -0.760. The molecule has 0 spiro atoms. The van der Waals surface area contributed by atoms with Crippen molar-refractivity contribution in [3.05, 3.63) is 131 Å². The number of carbonyl (C=O) groups is 1. The molecule has 1 unspecified atom stereocenters.